The van der Waals surface area contributed by atoms with Gasteiger partial charge in [0.1, 0.15) is 5.82 Å². The molecule has 2 heterocycles. The molecule has 0 aliphatic rings. The zero-order valence-corrected chi connectivity index (χ0v) is 17.7. The van der Waals surface area contributed by atoms with Crippen molar-refractivity contribution < 1.29 is 9.59 Å². The minimum atomic E-state index is -0.105. The first-order chi connectivity index (χ1) is 14.4. The Balaban J connectivity index is 1.53. The molecule has 0 fully saturated rings. The second-order valence-corrected chi connectivity index (χ2v) is 8.00. The van der Waals surface area contributed by atoms with E-state index in [1.54, 1.807) is 16.6 Å². The minimum absolute atomic E-state index is 0.00123. The number of aryl methyl sites for hydroxylation is 1. The van der Waals surface area contributed by atoms with E-state index in [1.165, 1.54) is 18.7 Å². The molecule has 0 spiro atoms. The Morgan fingerprint density at radius 1 is 1.10 bits per heavy atom. The fourth-order valence-corrected chi connectivity index (χ4v) is 4.13. The number of rotatable bonds is 6. The van der Waals surface area contributed by atoms with E-state index < -0.39 is 0 Å². The number of nitrogens with one attached hydrogen (secondary N) is 1. The predicted molar refractivity (Wildman–Crippen MR) is 117 cm³/mol. The van der Waals surface area contributed by atoms with E-state index >= 15 is 0 Å². The van der Waals surface area contributed by atoms with Gasteiger partial charge in [0.2, 0.25) is 5.91 Å². The molecule has 1 unspecified atom stereocenters. The van der Waals surface area contributed by atoms with Crippen LogP contribution in [-0.4, -0.2) is 37.0 Å². The topological polar surface area (TPSA) is 89.2 Å². The molecule has 0 saturated carbocycles. The Morgan fingerprint density at radius 3 is 2.57 bits per heavy atom. The number of benzene rings is 2. The third-order valence-corrected chi connectivity index (χ3v) is 5.67. The number of fused-ring (bicyclic) bond motifs is 3. The van der Waals surface area contributed by atoms with Crippen molar-refractivity contribution in [2.45, 2.75) is 32.0 Å². The number of hydrogen-bond donors (Lipinski definition) is 1. The highest BCUT2D eigenvalue weighted by atomic mass is 32.2. The molecule has 2 aromatic heterocycles. The zero-order valence-electron chi connectivity index (χ0n) is 16.9. The molecule has 1 N–H and O–H groups in total. The van der Waals surface area contributed by atoms with E-state index in [-0.39, 0.29) is 23.5 Å². The highest BCUT2D eigenvalue weighted by Crippen LogP contribution is 2.24. The third-order valence-electron chi connectivity index (χ3n) is 4.74. The molecule has 0 radical (unpaired) electrons. The number of hydrogen-bond acceptors (Lipinski definition) is 6. The van der Waals surface area contributed by atoms with Gasteiger partial charge in [0.25, 0.3) is 0 Å². The van der Waals surface area contributed by atoms with E-state index in [0.29, 0.717) is 16.5 Å². The molecule has 8 heteroatoms. The van der Waals surface area contributed by atoms with E-state index in [2.05, 4.69) is 20.4 Å². The largest absolute Gasteiger partial charge is 0.350 e. The normalized spacial score (nSPS) is 12.2. The molecule has 4 rings (SSSR count). The van der Waals surface area contributed by atoms with Gasteiger partial charge in [-0.3, -0.25) is 9.59 Å². The number of carbonyl (C=O) groups is 2. The number of para-hydroxylation sites is 1. The summed E-state index contributed by atoms with van der Waals surface area (Å²) in [6, 6.07) is 15.0. The summed E-state index contributed by atoms with van der Waals surface area (Å²) in [5.41, 5.74) is 3.13. The summed E-state index contributed by atoms with van der Waals surface area (Å²) in [7, 11) is 0. The Kier molecular flexibility index (Phi) is 5.50. The number of ketones is 1. The lowest BCUT2D eigenvalue weighted by Gasteiger charge is -2.13. The van der Waals surface area contributed by atoms with Crippen LogP contribution in [-0.2, 0) is 4.79 Å². The van der Waals surface area contributed by atoms with Gasteiger partial charge in [-0.2, -0.15) is 4.52 Å². The van der Waals surface area contributed by atoms with Crippen molar-refractivity contribution in [1.29, 1.82) is 0 Å². The summed E-state index contributed by atoms with van der Waals surface area (Å²) >= 11 is 1.34. The Bertz CT molecular complexity index is 1250. The summed E-state index contributed by atoms with van der Waals surface area (Å²) in [6.45, 7) is 5.23. The van der Waals surface area contributed by atoms with Crippen molar-refractivity contribution >= 4 is 40.0 Å². The van der Waals surface area contributed by atoms with Gasteiger partial charge >= 0.3 is 0 Å². The van der Waals surface area contributed by atoms with Gasteiger partial charge in [-0.05, 0) is 31.5 Å². The number of amides is 1. The second-order valence-electron chi connectivity index (χ2n) is 7.06. The summed E-state index contributed by atoms with van der Waals surface area (Å²) in [4.78, 5) is 33.1. The molecule has 0 aliphatic heterocycles. The molecule has 1 amide bonds. The monoisotopic (exact) mass is 419 g/mol. The SMILES string of the molecule is CC(=O)NC(C)c1ccc(C(=O)CSc2nc3ccccc3c3nc(C)nn23)cc1. The third kappa shape index (κ3) is 4.04. The van der Waals surface area contributed by atoms with Crippen LogP contribution in [0.4, 0.5) is 0 Å². The average molecular weight is 420 g/mol. The van der Waals surface area contributed by atoms with Crippen LogP contribution in [0.1, 0.15) is 41.6 Å². The van der Waals surface area contributed by atoms with Gasteiger partial charge in [0.05, 0.1) is 17.3 Å². The van der Waals surface area contributed by atoms with Crippen LogP contribution in [0, 0.1) is 6.92 Å². The van der Waals surface area contributed by atoms with Gasteiger partial charge in [0.15, 0.2) is 16.6 Å². The van der Waals surface area contributed by atoms with Gasteiger partial charge < -0.3 is 5.32 Å². The van der Waals surface area contributed by atoms with Gasteiger partial charge in [-0.15, -0.1) is 5.10 Å². The minimum Gasteiger partial charge on any atom is -0.350 e. The lowest BCUT2D eigenvalue weighted by molar-refractivity contribution is -0.119. The van der Waals surface area contributed by atoms with Crippen molar-refractivity contribution in [3.8, 4) is 0 Å². The first kappa shape index (κ1) is 20.0. The molecule has 7 nitrogen and oxygen atoms in total. The average Bonchev–Trinajstić information content (AvgIpc) is 3.13. The van der Waals surface area contributed by atoms with E-state index in [1.807, 2.05) is 50.2 Å². The van der Waals surface area contributed by atoms with Crippen molar-refractivity contribution in [1.82, 2.24) is 24.9 Å². The molecule has 152 valence electrons. The zero-order chi connectivity index (χ0) is 21.3. The standard InChI is InChI=1S/C22H21N5O2S/c1-13(23-15(3)28)16-8-10-17(11-9-16)20(29)12-30-22-25-19-7-5-4-6-18(19)21-24-14(2)26-27(21)22/h4-11,13H,12H2,1-3H3,(H,23,28). The van der Waals surface area contributed by atoms with Crippen LogP contribution in [0.5, 0.6) is 0 Å². The number of thioether (sulfide) groups is 1. The maximum atomic E-state index is 12.7. The van der Waals surface area contributed by atoms with E-state index in [0.717, 1.165) is 22.1 Å². The first-order valence-electron chi connectivity index (χ1n) is 9.57. The van der Waals surface area contributed by atoms with E-state index in [9.17, 15) is 9.59 Å². The number of Topliss-reactive ketones (excluding diaryl/α,β-unsaturated/α-hetero) is 1. The first-order valence-corrected chi connectivity index (χ1v) is 10.6. The maximum absolute atomic E-state index is 12.7. The van der Waals surface area contributed by atoms with Crippen LogP contribution < -0.4 is 5.32 Å². The van der Waals surface area contributed by atoms with E-state index in [4.69, 9.17) is 0 Å². The molecule has 2 aromatic carbocycles. The molecule has 0 bridgehead atoms. The molecule has 30 heavy (non-hydrogen) atoms. The van der Waals surface area contributed by atoms with Crippen molar-refractivity contribution in [3.63, 3.8) is 0 Å². The van der Waals surface area contributed by atoms with Crippen LogP contribution in [0.15, 0.2) is 53.7 Å². The fraction of sp³-hybridized carbons (Fsp3) is 0.227. The Labute approximate surface area is 177 Å². The lowest BCUT2D eigenvalue weighted by atomic mass is 10.0. The highest BCUT2D eigenvalue weighted by Gasteiger charge is 2.15. The summed E-state index contributed by atoms with van der Waals surface area (Å²) in [5, 5.41) is 8.84. The Hall–Kier alpha value is -3.26. The molecule has 0 saturated heterocycles. The lowest BCUT2D eigenvalue weighted by Crippen LogP contribution is -2.23. The number of carbonyl (C=O) groups excluding carboxylic acids is 2. The van der Waals surface area contributed by atoms with Crippen LogP contribution in [0.25, 0.3) is 16.6 Å². The number of nitrogens with zero attached hydrogens (tertiary/aromatic N) is 4. The van der Waals surface area contributed by atoms with Crippen molar-refractivity contribution in [3.05, 3.63) is 65.5 Å². The van der Waals surface area contributed by atoms with Crippen LogP contribution in [0.3, 0.4) is 0 Å². The molecule has 1 atom stereocenters. The molecular weight excluding hydrogens is 398 g/mol. The quantitative estimate of drug-likeness (QED) is 0.291. The van der Waals surface area contributed by atoms with Gasteiger partial charge in [-0.1, -0.05) is 48.2 Å². The van der Waals surface area contributed by atoms with Crippen molar-refractivity contribution in [2.24, 2.45) is 0 Å². The highest BCUT2D eigenvalue weighted by molar-refractivity contribution is 7.99. The fourth-order valence-electron chi connectivity index (χ4n) is 3.29. The number of aromatic nitrogens is 4. The van der Waals surface area contributed by atoms with Gasteiger partial charge in [-0.25, -0.2) is 9.97 Å². The smallest absolute Gasteiger partial charge is 0.217 e. The molecule has 0 aliphatic carbocycles. The van der Waals surface area contributed by atoms with Crippen molar-refractivity contribution in [2.75, 3.05) is 5.75 Å². The van der Waals surface area contributed by atoms with Gasteiger partial charge in [0, 0.05) is 17.9 Å². The predicted octanol–water partition coefficient (Wildman–Crippen LogP) is 3.76. The Morgan fingerprint density at radius 2 is 1.83 bits per heavy atom. The summed E-state index contributed by atoms with van der Waals surface area (Å²) < 4.78 is 1.70. The summed E-state index contributed by atoms with van der Waals surface area (Å²) in [5.74, 6) is 0.806. The van der Waals surface area contributed by atoms with Crippen LogP contribution >= 0.6 is 11.8 Å². The molecular formula is C22H21N5O2S. The maximum Gasteiger partial charge on any atom is 0.217 e. The molecule has 4 aromatic rings. The summed E-state index contributed by atoms with van der Waals surface area (Å²) in [6.07, 6.45) is 0. The van der Waals surface area contributed by atoms with Crippen LogP contribution in [0.2, 0.25) is 0 Å². The second kappa shape index (κ2) is 8.23.